The molecule has 90 valence electrons. The van der Waals surface area contributed by atoms with Crippen LogP contribution in [0.15, 0.2) is 5.16 Å². The van der Waals surface area contributed by atoms with Crippen molar-refractivity contribution in [2.75, 3.05) is 12.3 Å². The molecular formula is C10H21ClNO2P. The Morgan fingerprint density at radius 2 is 1.67 bits per heavy atom. The van der Waals surface area contributed by atoms with E-state index in [2.05, 4.69) is 5.16 Å². The fourth-order valence-corrected chi connectivity index (χ4v) is 4.25. The standard InChI is InChI=1S/C10H21ClNO2P/c1-8(2)6-15(13,7-9(3)4)14-12-10(5)11/h8-9H,6-7H2,1-5H3/b12-10-. The summed E-state index contributed by atoms with van der Waals surface area (Å²) >= 11 is 5.56. The van der Waals surface area contributed by atoms with Crippen molar-refractivity contribution in [3.05, 3.63) is 0 Å². The minimum atomic E-state index is -2.66. The molecule has 0 N–H and O–H groups in total. The fourth-order valence-electron chi connectivity index (χ4n) is 1.38. The smallest absolute Gasteiger partial charge is 0.275 e. The van der Waals surface area contributed by atoms with E-state index in [1.165, 1.54) is 0 Å². The Labute approximate surface area is 97.7 Å². The molecular weight excluding hydrogens is 233 g/mol. The molecule has 0 atom stereocenters. The predicted molar refractivity (Wildman–Crippen MR) is 67.1 cm³/mol. The highest BCUT2D eigenvalue weighted by Gasteiger charge is 2.27. The average Bonchev–Trinajstić information content (AvgIpc) is 1.97. The topological polar surface area (TPSA) is 38.7 Å². The van der Waals surface area contributed by atoms with Crippen LogP contribution in [0.5, 0.6) is 0 Å². The van der Waals surface area contributed by atoms with Gasteiger partial charge in [-0.05, 0) is 18.8 Å². The summed E-state index contributed by atoms with van der Waals surface area (Å²) in [5.41, 5.74) is 0. The van der Waals surface area contributed by atoms with E-state index in [0.29, 0.717) is 24.2 Å². The summed E-state index contributed by atoms with van der Waals surface area (Å²) in [5, 5.41) is 3.90. The van der Waals surface area contributed by atoms with E-state index in [1.54, 1.807) is 6.92 Å². The molecule has 0 aliphatic rings. The summed E-state index contributed by atoms with van der Waals surface area (Å²) in [6.45, 7) is 9.69. The molecule has 0 saturated heterocycles. The van der Waals surface area contributed by atoms with Gasteiger partial charge in [-0.15, -0.1) is 0 Å². The first-order valence-electron chi connectivity index (χ1n) is 5.22. The molecule has 0 aromatic carbocycles. The van der Waals surface area contributed by atoms with Crippen LogP contribution >= 0.6 is 19.0 Å². The second-order valence-corrected chi connectivity index (χ2v) is 7.71. The molecule has 0 radical (unpaired) electrons. The van der Waals surface area contributed by atoms with E-state index in [1.807, 2.05) is 27.7 Å². The van der Waals surface area contributed by atoms with E-state index in [4.69, 9.17) is 16.2 Å². The minimum absolute atomic E-state index is 0.280. The number of nitrogens with zero attached hydrogens (tertiary/aromatic N) is 1. The van der Waals surface area contributed by atoms with E-state index in [0.717, 1.165) is 0 Å². The van der Waals surface area contributed by atoms with Gasteiger partial charge in [-0.1, -0.05) is 44.5 Å². The molecule has 0 saturated carbocycles. The molecule has 0 spiro atoms. The molecule has 0 aromatic heterocycles. The van der Waals surface area contributed by atoms with Gasteiger partial charge in [0.1, 0.15) is 5.17 Å². The van der Waals surface area contributed by atoms with Gasteiger partial charge in [-0.3, -0.25) is 4.57 Å². The lowest BCUT2D eigenvalue weighted by Crippen LogP contribution is -2.07. The van der Waals surface area contributed by atoms with E-state index in [-0.39, 0.29) is 5.17 Å². The van der Waals surface area contributed by atoms with Gasteiger partial charge < -0.3 is 4.62 Å². The maximum atomic E-state index is 12.4. The zero-order chi connectivity index (χ0) is 12.1. The lowest BCUT2D eigenvalue weighted by Gasteiger charge is -2.19. The van der Waals surface area contributed by atoms with Crippen molar-refractivity contribution in [2.24, 2.45) is 17.0 Å². The molecule has 0 fully saturated rings. The monoisotopic (exact) mass is 253 g/mol. The van der Waals surface area contributed by atoms with Gasteiger partial charge in [0.25, 0.3) is 7.37 Å². The van der Waals surface area contributed by atoms with Crippen molar-refractivity contribution in [2.45, 2.75) is 34.6 Å². The Morgan fingerprint density at radius 3 is 1.93 bits per heavy atom. The Kier molecular flexibility index (Phi) is 6.54. The third-order valence-electron chi connectivity index (χ3n) is 1.60. The molecule has 0 aliphatic heterocycles. The van der Waals surface area contributed by atoms with E-state index >= 15 is 0 Å². The summed E-state index contributed by atoms with van der Waals surface area (Å²) in [7, 11) is -2.66. The quantitative estimate of drug-likeness (QED) is 0.405. The molecule has 0 bridgehead atoms. The van der Waals surface area contributed by atoms with Gasteiger partial charge in [-0.2, -0.15) is 0 Å². The fraction of sp³-hybridized carbons (Fsp3) is 0.900. The Balaban J connectivity index is 4.55. The van der Waals surface area contributed by atoms with Crippen LogP contribution in [0.3, 0.4) is 0 Å². The van der Waals surface area contributed by atoms with Crippen molar-refractivity contribution in [1.82, 2.24) is 0 Å². The number of oxime groups is 1. The normalized spacial score (nSPS) is 13.7. The molecule has 0 heterocycles. The first-order valence-corrected chi connectivity index (χ1v) is 7.59. The second-order valence-electron chi connectivity index (χ2n) is 4.64. The van der Waals surface area contributed by atoms with Gasteiger partial charge in [0.2, 0.25) is 0 Å². The molecule has 0 amide bonds. The van der Waals surface area contributed by atoms with Crippen LogP contribution < -0.4 is 0 Å². The van der Waals surface area contributed by atoms with Gasteiger partial charge in [-0.25, -0.2) is 0 Å². The van der Waals surface area contributed by atoms with Crippen molar-refractivity contribution in [1.29, 1.82) is 0 Å². The molecule has 15 heavy (non-hydrogen) atoms. The summed E-state index contributed by atoms with van der Waals surface area (Å²) in [4.78, 5) is 0. The largest absolute Gasteiger partial charge is 0.339 e. The maximum Gasteiger partial charge on any atom is 0.275 e. The Hall–Kier alpha value is -0.0100. The molecule has 0 unspecified atom stereocenters. The zero-order valence-corrected chi connectivity index (χ0v) is 11.8. The van der Waals surface area contributed by atoms with Crippen LogP contribution in [-0.2, 0) is 9.19 Å². The van der Waals surface area contributed by atoms with Gasteiger partial charge in [0.05, 0.1) is 0 Å². The van der Waals surface area contributed by atoms with Crippen LogP contribution in [-0.4, -0.2) is 17.5 Å². The van der Waals surface area contributed by atoms with Crippen LogP contribution in [0, 0.1) is 11.8 Å². The molecule has 0 aliphatic carbocycles. The lowest BCUT2D eigenvalue weighted by atomic mass is 10.3. The highest BCUT2D eigenvalue weighted by Crippen LogP contribution is 2.50. The molecule has 5 heteroatoms. The first kappa shape index (κ1) is 15.0. The number of rotatable bonds is 6. The highest BCUT2D eigenvalue weighted by atomic mass is 35.5. The maximum absolute atomic E-state index is 12.4. The van der Waals surface area contributed by atoms with E-state index < -0.39 is 7.37 Å². The molecule has 3 nitrogen and oxygen atoms in total. The third kappa shape index (κ3) is 7.87. The average molecular weight is 254 g/mol. The van der Waals surface area contributed by atoms with Gasteiger partial charge in [0.15, 0.2) is 0 Å². The van der Waals surface area contributed by atoms with Crippen LogP contribution in [0.25, 0.3) is 0 Å². The van der Waals surface area contributed by atoms with Crippen molar-refractivity contribution < 1.29 is 9.19 Å². The lowest BCUT2D eigenvalue weighted by molar-refractivity contribution is 0.327. The number of hydrogen-bond donors (Lipinski definition) is 0. The summed E-state index contributed by atoms with van der Waals surface area (Å²) in [6, 6.07) is 0. The van der Waals surface area contributed by atoms with Gasteiger partial charge >= 0.3 is 0 Å². The van der Waals surface area contributed by atoms with Crippen LogP contribution in [0.4, 0.5) is 0 Å². The van der Waals surface area contributed by atoms with Crippen molar-refractivity contribution in [3.63, 3.8) is 0 Å². The summed E-state index contributed by atoms with van der Waals surface area (Å²) < 4.78 is 17.5. The van der Waals surface area contributed by atoms with Crippen LogP contribution in [0.1, 0.15) is 34.6 Å². The van der Waals surface area contributed by atoms with Crippen LogP contribution in [0.2, 0.25) is 0 Å². The third-order valence-corrected chi connectivity index (χ3v) is 4.62. The predicted octanol–water partition coefficient (Wildman–Crippen LogP) is 4.17. The Morgan fingerprint density at radius 1 is 1.27 bits per heavy atom. The van der Waals surface area contributed by atoms with Gasteiger partial charge in [0, 0.05) is 12.3 Å². The zero-order valence-electron chi connectivity index (χ0n) is 10.2. The second kappa shape index (κ2) is 6.55. The minimum Gasteiger partial charge on any atom is -0.339 e. The molecule has 0 rings (SSSR count). The summed E-state index contributed by atoms with van der Waals surface area (Å²) in [5.74, 6) is 0.667. The summed E-state index contributed by atoms with van der Waals surface area (Å²) in [6.07, 6.45) is 1.11. The number of hydrogen-bond acceptors (Lipinski definition) is 3. The van der Waals surface area contributed by atoms with Crippen molar-refractivity contribution >= 4 is 24.1 Å². The highest BCUT2D eigenvalue weighted by molar-refractivity contribution is 7.59. The van der Waals surface area contributed by atoms with Crippen molar-refractivity contribution in [3.8, 4) is 0 Å². The Bertz CT molecular complexity index is 246. The number of halogens is 1. The SMILES string of the molecule is C/C(Cl)=N/OP(=O)(CC(C)C)CC(C)C. The first-order chi connectivity index (χ1) is 6.75. The van der Waals surface area contributed by atoms with E-state index in [9.17, 15) is 4.57 Å². The molecule has 0 aromatic rings.